The van der Waals surface area contributed by atoms with Gasteiger partial charge in [-0.25, -0.2) is 0 Å². The van der Waals surface area contributed by atoms with Gasteiger partial charge in [0, 0.05) is 17.1 Å². The fraction of sp³-hybridized carbons (Fsp3) is 0.625. The topological polar surface area (TPSA) is 12.0 Å². The molecule has 1 aromatic rings. The van der Waals surface area contributed by atoms with Gasteiger partial charge in [0.2, 0.25) is 0 Å². The maximum atomic E-state index is 3.78. The summed E-state index contributed by atoms with van der Waals surface area (Å²) in [6, 6.07) is 9.21. The zero-order valence-electron chi connectivity index (χ0n) is 11.5. The van der Waals surface area contributed by atoms with Gasteiger partial charge in [0.25, 0.3) is 0 Å². The third-order valence-corrected chi connectivity index (χ3v) is 4.96. The van der Waals surface area contributed by atoms with Crippen molar-refractivity contribution in [1.82, 2.24) is 5.32 Å². The Kier molecular flexibility index (Phi) is 5.25. The molecule has 2 atom stereocenters. The van der Waals surface area contributed by atoms with Crippen LogP contribution in [0.4, 0.5) is 0 Å². The largest absolute Gasteiger partial charge is 0.310 e. The third kappa shape index (κ3) is 3.58. The smallest absolute Gasteiger partial charge is 0.0220 e. The second-order valence-corrected chi connectivity index (χ2v) is 6.63. The number of nitrogens with one attached hydrogen (secondary N) is 1. The van der Waals surface area contributed by atoms with Crippen molar-refractivity contribution in [2.24, 2.45) is 11.8 Å². The van der Waals surface area contributed by atoms with Crippen molar-refractivity contribution in [2.45, 2.75) is 52.1 Å². The van der Waals surface area contributed by atoms with Gasteiger partial charge < -0.3 is 5.32 Å². The van der Waals surface area contributed by atoms with Crippen LogP contribution in [-0.2, 0) is 6.54 Å². The van der Waals surface area contributed by atoms with E-state index in [9.17, 15) is 0 Å². The predicted molar refractivity (Wildman–Crippen MR) is 81.6 cm³/mol. The van der Waals surface area contributed by atoms with Gasteiger partial charge in [-0.1, -0.05) is 60.8 Å². The van der Waals surface area contributed by atoms with Crippen molar-refractivity contribution >= 4 is 15.9 Å². The monoisotopic (exact) mass is 309 g/mol. The Labute approximate surface area is 119 Å². The molecule has 0 radical (unpaired) electrons. The summed E-state index contributed by atoms with van der Waals surface area (Å²) in [6.07, 6.45) is 5.53. The molecule has 0 saturated heterocycles. The highest BCUT2D eigenvalue weighted by atomic mass is 79.9. The molecule has 1 aromatic carbocycles. The van der Waals surface area contributed by atoms with Gasteiger partial charge in [0.1, 0.15) is 0 Å². The molecule has 2 rings (SSSR count). The summed E-state index contributed by atoms with van der Waals surface area (Å²) < 4.78 is 1.22. The molecule has 1 N–H and O–H groups in total. The summed E-state index contributed by atoms with van der Waals surface area (Å²) in [5, 5.41) is 3.78. The zero-order chi connectivity index (χ0) is 13.0. The number of hydrogen-bond acceptors (Lipinski definition) is 1. The maximum Gasteiger partial charge on any atom is 0.0220 e. The second kappa shape index (κ2) is 6.72. The highest BCUT2D eigenvalue weighted by Gasteiger charge is 2.26. The summed E-state index contributed by atoms with van der Waals surface area (Å²) >= 11 is 3.63. The minimum absolute atomic E-state index is 0.700. The van der Waals surface area contributed by atoms with Crippen LogP contribution in [0.25, 0.3) is 0 Å². The lowest BCUT2D eigenvalue weighted by Crippen LogP contribution is -2.40. The average Bonchev–Trinajstić information content (AvgIpc) is 2.38. The highest BCUT2D eigenvalue weighted by Crippen LogP contribution is 2.30. The Morgan fingerprint density at radius 3 is 2.67 bits per heavy atom. The molecule has 1 aliphatic carbocycles. The zero-order valence-corrected chi connectivity index (χ0v) is 13.0. The van der Waals surface area contributed by atoms with Crippen LogP contribution in [-0.4, -0.2) is 6.04 Å². The molecule has 1 aliphatic rings. The first kappa shape index (κ1) is 14.1. The molecular weight excluding hydrogens is 286 g/mol. The fourth-order valence-electron chi connectivity index (χ4n) is 3.09. The maximum absolute atomic E-state index is 3.78. The van der Waals surface area contributed by atoms with Gasteiger partial charge in [-0.3, -0.25) is 0 Å². The molecule has 1 fully saturated rings. The molecule has 18 heavy (non-hydrogen) atoms. The Morgan fingerprint density at radius 1 is 1.22 bits per heavy atom. The molecule has 0 spiro atoms. The van der Waals surface area contributed by atoms with Crippen molar-refractivity contribution in [3.05, 3.63) is 34.3 Å². The molecular formula is C16H24BrN. The molecule has 0 aromatic heterocycles. The first-order chi connectivity index (χ1) is 8.68. The first-order valence-electron chi connectivity index (χ1n) is 7.15. The predicted octanol–water partition coefficient (Wildman–Crippen LogP) is 4.75. The molecule has 0 bridgehead atoms. The van der Waals surface area contributed by atoms with Gasteiger partial charge >= 0.3 is 0 Å². The molecule has 0 amide bonds. The van der Waals surface area contributed by atoms with Crippen LogP contribution in [0.5, 0.6) is 0 Å². The number of hydrogen-bond donors (Lipinski definition) is 1. The summed E-state index contributed by atoms with van der Waals surface area (Å²) in [5.41, 5.74) is 1.37. The van der Waals surface area contributed by atoms with Crippen molar-refractivity contribution in [2.75, 3.05) is 0 Å². The van der Waals surface area contributed by atoms with E-state index in [1.165, 1.54) is 35.7 Å². The number of benzene rings is 1. The highest BCUT2D eigenvalue weighted by molar-refractivity contribution is 9.10. The van der Waals surface area contributed by atoms with Crippen molar-refractivity contribution in [3.8, 4) is 0 Å². The van der Waals surface area contributed by atoms with Gasteiger partial charge in [-0.05, 0) is 36.3 Å². The van der Waals surface area contributed by atoms with E-state index < -0.39 is 0 Å². The van der Waals surface area contributed by atoms with Crippen molar-refractivity contribution in [3.63, 3.8) is 0 Å². The van der Waals surface area contributed by atoms with E-state index in [0.29, 0.717) is 6.04 Å². The quantitative estimate of drug-likeness (QED) is 0.846. The van der Waals surface area contributed by atoms with E-state index in [-0.39, 0.29) is 0 Å². The van der Waals surface area contributed by atoms with E-state index in [2.05, 4.69) is 59.4 Å². The first-order valence-corrected chi connectivity index (χ1v) is 7.94. The van der Waals surface area contributed by atoms with Crippen molar-refractivity contribution in [1.29, 1.82) is 0 Å². The van der Waals surface area contributed by atoms with Gasteiger partial charge in [0.05, 0.1) is 0 Å². The molecule has 0 aliphatic heterocycles. The Hall–Kier alpha value is -0.340. The van der Waals surface area contributed by atoms with E-state index >= 15 is 0 Å². The molecule has 0 heterocycles. The summed E-state index contributed by atoms with van der Waals surface area (Å²) in [5.74, 6) is 1.64. The lowest BCUT2D eigenvalue weighted by atomic mass is 9.78. The van der Waals surface area contributed by atoms with Crippen LogP contribution in [0.15, 0.2) is 28.7 Å². The average molecular weight is 310 g/mol. The van der Waals surface area contributed by atoms with E-state index in [4.69, 9.17) is 0 Å². The van der Waals surface area contributed by atoms with Crippen LogP contribution in [0, 0.1) is 11.8 Å². The lowest BCUT2D eigenvalue weighted by molar-refractivity contribution is 0.204. The van der Waals surface area contributed by atoms with Crippen LogP contribution in [0.1, 0.15) is 45.1 Å². The molecule has 1 nitrogen and oxygen atoms in total. The van der Waals surface area contributed by atoms with Crippen LogP contribution in [0.3, 0.4) is 0 Å². The van der Waals surface area contributed by atoms with E-state index in [0.717, 1.165) is 18.4 Å². The van der Waals surface area contributed by atoms with Crippen LogP contribution < -0.4 is 5.32 Å². The summed E-state index contributed by atoms with van der Waals surface area (Å²) in [6.45, 7) is 5.71. The van der Waals surface area contributed by atoms with E-state index in [1.54, 1.807) is 0 Å². The third-order valence-electron chi connectivity index (χ3n) is 4.19. The standard InChI is InChI=1S/C16H24BrN/c1-12(2)14-8-4-6-10-16(14)18-11-13-7-3-5-9-15(13)17/h3,5,7,9,12,14,16,18H,4,6,8,10-11H2,1-2H3. The fourth-order valence-corrected chi connectivity index (χ4v) is 3.52. The lowest BCUT2D eigenvalue weighted by Gasteiger charge is -2.35. The number of rotatable bonds is 4. The minimum Gasteiger partial charge on any atom is -0.310 e. The van der Waals surface area contributed by atoms with E-state index in [1.807, 2.05) is 0 Å². The van der Waals surface area contributed by atoms with Crippen molar-refractivity contribution < 1.29 is 0 Å². The van der Waals surface area contributed by atoms with Crippen LogP contribution in [0.2, 0.25) is 0 Å². The Morgan fingerprint density at radius 2 is 1.94 bits per heavy atom. The minimum atomic E-state index is 0.700. The molecule has 2 heteroatoms. The van der Waals surface area contributed by atoms with Gasteiger partial charge in [-0.2, -0.15) is 0 Å². The molecule has 100 valence electrons. The van der Waals surface area contributed by atoms with Gasteiger partial charge in [-0.15, -0.1) is 0 Å². The summed E-state index contributed by atoms with van der Waals surface area (Å²) in [7, 11) is 0. The SMILES string of the molecule is CC(C)C1CCCCC1NCc1ccccc1Br. The molecule has 2 unspecified atom stereocenters. The summed E-state index contributed by atoms with van der Waals surface area (Å²) in [4.78, 5) is 0. The van der Waals surface area contributed by atoms with Crippen LogP contribution >= 0.6 is 15.9 Å². The Balaban J connectivity index is 1.94. The van der Waals surface area contributed by atoms with Gasteiger partial charge in [0.15, 0.2) is 0 Å². The Bertz CT molecular complexity index is 375. The normalized spacial score (nSPS) is 24.4. The molecule has 1 saturated carbocycles. The second-order valence-electron chi connectivity index (χ2n) is 5.77. The number of halogens is 1.